The first-order valence-corrected chi connectivity index (χ1v) is 5.54. The minimum Gasteiger partial charge on any atom is -0.327 e. The second-order valence-corrected chi connectivity index (χ2v) is 4.88. The molecular formula is C7H10N2S2. The Balaban J connectivity index is 2.08. The number of nitrogens with zero attached hydrogens (tertiary/aromatic N) is 1. The van der Waals surface area contributed by atoms with E-state index in [1.54, 1.807) is 11.3 Å². The van der Waals surface area contributed by atoms with Crippen LogP contribution < -0.4 is 5.73 Å². The zero-order chi connectivity index (χ0) is 7.68. The summed E-state index contributed by atoms with van der Waals surface area (Å²) in [5, 5.41) is 0.623. The molecule has 0 saturated carbocycles. The summed E-state index contributed by atoms with van der Waals surface area (Å²) in [5.74, 6) is 1.10. The van der Waals surface area contributed by atoms with Gasteiger partial charge in [0.2, 0.25) is 0 Å². The average molecular weight is 186 g/mol. The Bertz CT molecular complexity index is 222. The van der Waals surface area contributed by atoms with Crippen LogP contribution in [0.3, 0.4) is 0 Å². The fourth-order valence-electron chi connectivity index (χ4n) is 1.23. The lowest BCUT2D eigenvalue weighted by Gasteiger charge is -2.02. The van der Waals surface area contributed by atoms with E-state index >= 15 is 0 Å². The Kier molecular flexibility index (Phi) is 2.16. The molecule has 1 saturated heterocycles. The zero-order valence-corrected chi connectivity index (χ0v) is 7.70. The first kappa shape index (κ1) is 7.58. The highest BCUT2D eigenvalue weighted by atomic mass is 32.2. The van der Waals surface area contributed by atoms with Gasteiger partial charge in [0.1, 0.15) is 0 Å². The van der Waals surface area contributed by atoms with Gasteiger partial charge in [-0.05, 0) is 6.42 Å². The molecule has 60 valence electrons. The van der Waals surface area contributed by atoms with Crippen molar-refractivity contribution in [2.24, 2.45) is 5.73 Å². The first-order valence-electron chi connectivity index (χ1n) is 3.62. The highest BCUT2D eigenvalue weighted by Gasteiger charge is 2.24. The van der Waals surface area contributed by atoms with E-state index in [0.29, 0.717) is 11.3 Å². The minimum absolute atomic E-state index is 0.395. The van der Waals surface area contributed by atoms with Crippen LogP contribution in [0.15, 0.2) is 11.7 Å². The highest BCUT2D eigenvalue weighted by molar-refractivity contribution is 7.99. The van der Waals surface area contributed by atoms with Crippen molar-refractivity contribution in [3.63, 3.8) is 0 Å². The van der Waals surface area contributed by atoms with E-state index in [1.165, 1.54) is 4.88 Å². The third-order valence-electron chi connectivity index (χ3n) is 1.80. The average Bonchev–Trinajstić information content (AvgIpc) is 2.55. The van der Waals surface area contributed by atoms with E-state index in [2.05, 4.69) is 4.98 Å². The van der Waals surface area contributed by atoms with Crippen molar-refractivity contribution >= 4 is 23.1 Å². The van der Waals surface area contributed by atoms with Gasteiger partial charge >= 0.3 is 0 Å². The Labute approximate surface area is 74.2 Å². The highest BCUT2D eigenvalue weighted by Crippen LogP contribution is 2.40. The van der Waals surface area contributed by atoms with Crippen molar-refractivity contribution in [3.05, 3.63) is 16.6 Å². The van der Waals surface area contributed by atoms with Crippen LogP contribution in [0.1, 0.15) is 16.5 Å². The van der Waals surface area contributed by atoms with Gasteiger partial charge in [-0.25, -0.2) is 0 Å². The summed E-state index contributed by atoms with van der Waals surface area (Å²) in [6.45, 7) is 0. The fraction of sp³-hybridized carbons (Fsp3) is 0.571. The van der Waals surface area contributed by atoms with Crippen molar-refractivity contribution in [2.45, 2.75) is 17.7 Å². The SMILES string of the molecule is NC1CSC(c2cncs2)C1. The third kappa shape index (κ3) is 1.58. The molecule has 1 fully saturated rings. The second kappa shape index (κ2) is 3.13. The molecular weight excluding hydrogens is 176 g/mol. The molecule has 0 spiro atoms. The number of aromatic nitrogens is 1. The summed E-state index contributed by atoms with van der Waals surface area (Å²) in [7, 11) is 0. The van der Waals surface area contributed by atoms with Gasteiger partial charge in [0.25, 0.3) is 0 Å². The molecule has 0 radical (unpaired) electrons. The van der Waals surface area contributed by atoms with Gasteiger partial charge in [-0.2, -0.15) is 11.8 Å². The van der Waals surface area contributed by atoms with Gasteiger partial charge in [-0.15, -0.1) is 11.3 Å². The maximum absolute atomic E-state index is 5.79. The zero-order valence-electron chi connectivity index (χ0n) is 6.06. The number of rotatable bonds is 1. The molecule has 4 heteroatoms. The standard InChI is InChI=1S/C7H10N2S2/c8-5-1-6(10-3-5)7-2-9-4-11-7/h2,4-6H,1,3,8H2. The number of hydrogen-bond donors (Lipinski definition) is 1. The molecule has 1 aliphatic rings. The van der Waals surface area contributed by atoms with Crippen LogP contribution in [0, 0.1) is 0 Å². The molecule has 0 aromatic carbocycles. The monoisotopic (exact) mass is 186 g/mol. The number of thiazole rings is 1. The Morgan fingerprint density at radius 1 is 1.64 bits per heavy atom. The van der Waals surface area contributed by atoms with Crippen LogP contribution >= 0.6 is 23.1 Å². The second-order valence-electron chi connectivity index (χ2n) is 2.72. The number of nitrogens with two attached hydrogens (primary N) is 1. The smallest absolute Gasteiger partial charge is 0.0794 e. The van der Waals surface area contributed by atoms with E-state index in [4.69, 9.17) is 5.73 Å². The Morgan fingerprint density at radius 3 is 3.09 bits per heavy atom. The molecule has 1 aromatic rings. The molecule has 0 bridgehead atoms. The number of thioether (sulfide) groups is 1. The quantitative estimate of drug-likeness (QED) is 0.725. The van der Waals surface area contributed by atoms with E-state index in [0.717, 1.165) is 12.2 Å². The van der Waals surface area contributed by atoms with Crippen LogP contribution in [0.25, 0.3) is 0 Å². The Morgan fingerprint density at radius 2 is 2.55 bits per heavy atom. The van der Waals surface area contributed by atoms with Gasteiger partial charge < -0.3 is 5.73 Å². The third-order valence-corrected chi connectivity index (χ3v) is 4.30. The van der Waals surface area contributed by atoms with Gasteiger partial charge in [0.05, 0.1) is 5.51 Å². The maximum atomic E-state index is 5.79. The lowest BCUT2D eigenvalue weighted by atomic mass is 10.2. The summed E-state index contributed by atoms with van der Waals surface area (Å²) in [4.78, 5) is 5.43. The summed E-state index contributed by atoms with van der Waals surface area (Å²) in [5.41, 5.74) is 7.68. The van der Waals surface area contributed by atoms with Gasteiger partial charge in [-0.3, -0.25) is 4.98 Å². The van der Waals surface area contributed by atoms with Crippen molar-refractivity contribution in [1.82, 2.24) is 4.98 Å². The summed E-state index contributed by atoms with van der Waals surface area (Å²) in [6, 6.07) is 0.395. The predicted molar refractivity (Wildman–Crippen MR) is 49.9 cm³/mol. The first-order chi connectivity index (χ1) is 5.36. The molecule has 1 aliphatic heterocycles. The molecule has 1 aromatic heterocycles. The van der Waals surface area contributed by atoms with Gasteiger partial charge in [0, 0.05) is 28.1 Å². The lowest BCUT2D eigenvalue weighted by molar-refractivity contribution is 0.704. The molecule has 2 nitrogen and oxygen atoms in total. The van der Waals surface area contributed by atoms with Crippen LogP contribution in [0.4, 0.5) is 0 Å². The topological polar surface area (TPSA) is 38.9 Å². The summed E-state index contributed by atoms with van der Waals surface area (Å²) < 4.78 is 0. The maximum Gasteiger partial charge on any atom is 0.0794 e. The van der Waals surface area contributed by atoms with Gasteiger partial charge in [-0.1, -0.05) is 0 Å². The molecule has 2 unspecified atom stereocenters. The van der Waals surface area contributed by atoms with Crippen LogP contribution in [0.2, 0.25) is 0 Å². The van der Waals surface area contributed by atoms with Crippen LogP contribution in [-0.2, 0) is 0 Å². The van der Waals surface area contributed by atoms with Gasteiger partial charge in [0.15, 0.2) is 0 Å². The van der Waals surface area contributed by atoms with Crippen molar-refractivity contribution in [1.29, 1.82) is 0 Å². The van der Waals surface area contributed by atoms with E-state index in [-0.39, 0.29) is 0 Å². The van der Waals surface area contributed by atoms with Crippen LogP contribution in [-0.4, -0.2) is 16.8 Å². The molecule has 2 heterocycles. The van der Waals surface area contributed by atoms with E-state index < -0.39 is 0 Å². The fourth-order valence-corrected chi connectivity index (χ4v) is 3.44. The van der Waals surface area contributed by atoms with Crippen LogP contribution in [0.5, 0.6) is 0 Å². The Hall–Kier alpha value is -0.0600. The molecule has 0 aliphatic carbocycles. The minimum atomic E-state index is 0.395. The molecule has 11 heavy (non-hydrogen) atoms. The molecule has 2 N–H and O–H groups in total. The van der Waals surface area contributed by atoms with E-state index in [9.17, 15) is 0 Å². The number of hydrogen-bond acceptors (Lipinski definition) is 4. The summed E-state index contributed by atoms with van der Waals surface area (Å²) >= 11 is 3.69. The van der Waals surface area contributed by atoms with Crippen molar-refractivity contribution < 1.29 is 0 Å². The largest absolute Gasteiger partial charge is 0.327 e. The molecule has 2 rings (SSSR count). The van der Waals surface area contributed by atoms with Crippen molar-refractivity contribution in [3.8, 4) is 0 Å². The normalized spacial score (nSPS) is 31.0. The summed E-state index contributed by atoms with van der Waals surface area (Å²) in [6.07, 6.45) is 3.08. The van der Waals surface area contributed by atoms with E-state index in [1.807, 2.05) is 23.5 Å². The lowest BCUT2D eigenvalue weighted by Crippen LogP contribution is -2.17. The van der Waals surface area contributed by atoms with Crippen molar-refractivity contribution in [2.75, 3.05) is 5.75 Å². The molecule has 0 amide bonds. The predicted octanol–water partition coefficient (Wildman–Crippen LogP) is 1.65. The molecule has 2 atom stereocenters.